The zero-order chi connectivity index (χ0) is 12.4. The van der Waals surface area contributed by atoms with E-state index >= 15 is 0 Å². The summed E-state index contributed by atoms with van der Waals surface area (Å²) in [4.78, 5) is 11.3. The molecule has 0 spiro atoms. The Bertz CT molecular complexity index is 542. The second-order valence-electron chi connectivity index (χ2n) is 4.37. The van der Waals surface area contributed by atoms with Crippen molar-refractivity contribution in [1.29, 1.82) is 0 Å². The fourth-order valence-electron chi connectivity index (χ4n) is 2.16. The van der Waals surface area contributed by atoms with Gasteiger partial charge in [0.05, 0.1) is 4.83 Å². The van der Waals surface area contributed by atoms with Crippen molar-refractivity contribution in [1.82, 2.24) is 0 Å². The Morgan fingerprint density at radius 3 is 2.47 bits per heavy atom. The molecule has 0 aliphatic carbocycles. The second-order valence-corrected chi connectivity index (χ2v) is 5.36. The molecule has 0 heterocycles. The Hall–Kier alpha value is -1.15. The molecule has 1 nitrogen and oxygen atoms in total. The van der Waals surface area contributed by atoms with Gasteiger partial charge in [0.25, 0.3) is 0 Å². The first-order chi connectivity index (χ1) is 8.11. The van der Waals surface area contributed by atoms with Crippen LogP contribution in [-0.4, -0.2) is 10.6 Å². The van der Waals surface area contributed by atoms with Crippen molar-refractivity contribution >= 4 is 32.5 Å². The maximum Gasteiger partial charge on any atom is 0.144 e. The SMILES string of the molecule is CC(=O)C(Br)C(C)c1cccc2ccccc12. The van der Waals surface area contributed by atoms with Crippen LogP contribution in [0.3, 0.4) is 0 Å². The van der Waals surface area contributed by atoms with Gasteiger partial charge in [0.2, 0.25) is 0 Å². The Labute approximate surface area is 110 Å². The van der Waals surface area contributed by atoms with Gasteiger partial charge in [-0.25, -0.2) is 0 Å². The van der Waals surface area contributed by atoms with Crippen LogP contribution in [0.5, 0.6) is 0 Å². The highest BCUT2D eigenvalue weighted by atomic mass is 79.9. The standard InChI is InChI=1S/C15H15BrO/c1-10(15(16)11(2)17)13-9-5-7-12-6-3-4-8-14(12)13/h3-10,15H,1-2H3. The zero-order valence-corrected chi connectivity index (χ0v) is 11.6. The van der Waals surface area contributed by atoms with E-state index in [4.69, 9.17) is 0 Å². The molecule has 0 N–H and O–H groups in total. The summed E-state index contributed by atoms with van der Waals surface area (Å²) in [6, 6.07) is 14.5. The predicted octanol–water partition coefficient (Wildman–Crippen LogP) is 4.30. The normalized spacial score (nSPS) is 14.5. The first kappa shape index (κ1) is 12.3. The van der Waals surface area contributed by atoms with Crippen LogP contribution < -0.4 is 0 Å². The van der Waals surface area contributed by atoms with E-state index < -0.39 is 0 Å². The smallest absolute Gasteiger partial charge is 0.144 e. The molecule has 2 unspecified atom stereocenters. The van der Waals surface area contributed by atoms with Crippen LogP contribution in [0.4, 0.5) is 0 Å². The third-order valence-corrected chi connectivity index (χ3v) is 4.58. The highest BCUT2D eigenvalue weighted by Crippen LogP contribution is 2.30. The fourth-order valence-corrected chi connectivity index (χ4v) is 2.44. The molecule has 2 rings (SSSR count). The van der Waals surface area contributed by atoms with Gasteiger partial charge in [0.15, 0.2) is 0 Å². The van der Waals surface area contributed by atoms with E-state index in [1.807, 2.05) is 18.2 Å². The van der Waals surface area contributed by atoms with Crippen LogP contribution in [-0.2, 0) is 4.79 Å². The molecule has 0 aliphatic rings. The lowest BCUT2D eigenvalue weighted by atomic mass is 9.91. The number of alkyl halides is 1. The minimum Gasteiger partial charge on any atom is -0.299 e. The Kier molecular flexibility index (Phi) is 3.63. The Morgan fingerprint density at radius 2 is 1.76 bits per heavy atom. The molecule has 2 aromatic rings. The fraction of sp³-hybridized carbons (Fsp3) is 0.267. The summed E-state index contributed by atoms with van der Waals surface area (Å²) < 4.78 is 0. The molecule has 0 saturated carbocycles. The number of hydrogen-bond acceptors (Lipinski definition) is 1. The highest BCUT2D eigenvalue weighted by Gasteiger charge is 2.21. The summed E-state index contributed by atoms with van der Waals surface area (Å²) in [5.41, 5.74) is 1.22. The van der Waals surface area contributed by atoms with Crippen LogP contribution in [0.15, 0.2) is 42.5 Å². The minimum absolute atomic E-state index is 0.117. The van der Waals surface area contributed by atoms with E-state index in [1.54, 1.807) is 6.92 Å². The summed E-state index contributed by atoms with van der Waals surface area (Å²) in [6.45, 7) is 3.71. The van der Waals surface area contributed by atoms with Crippen molar-refractivity contribution in [2.75, 3.05) is 0 Å². The van der Waals surface area contributed by atoms with Gasteiger partial charge >= 0.3 is 0 Å². The highest BCUT2D eigenvalue weighted by molar-refractivity contribution is 9.10. The number of ketones is 1. The Morgan fingerprint density at radius 1 is 1.12 bits per heavy atom. The van der Waals surface area contributed by atoms with Gasteiger partial charge in [-0.3, -0.25) is 4.79 Å². The molecule has 0 saturated heterocycles. The number of hydrogen-bond donors (Lipinski definition) is 0. The summed E-state index contributed by atoms with van der Waals surface area (Å²) in [7, 11) is 0. The summed E-state index contributed by atoms with van der Waals surface area (Å²) in [6.07, 6.45) is 0. The molecule has 0 fully saturated rings. The monoisotopic (exact) mass is 290 g/mol. The maximum absolute atomic E-state index is 11.4. The third kappa shape index (κ3) is 2.42. The number of Topliss-reactive ketones (excluding diaryl/α,β-unsaturated/α-hetero) is 1. The van der Waals surface area contributed by atoms with Crippen LogP contribution in [0, 0.1) is 0 Å². The molecule has 0 amide bonds. The van der Waals surface area contributed by atoms with E-state index in [2.05, 4.69) is 47.1 Å². The third-order valence-electron chi connectivity index (χ3n) is 3.14. The first-order valence-corrected chi connectivity index (χ1v) is 6.65. The van der Waals surface area contributed by atoms with Gasteiger partial charge < -0.3 is 0 Å². The average Bonchev–Trinajstić information content (AvgIpc) is 2.36. The van der Waals surface area contributed by atoms with E-state index in [9.17, 15) is 4.79 Å². The van der Waals surface area contributed by atoms with Crippen LogP contribution in [0.25, 0.3) is 10.8 Å². The number of carbonyl (C=O) groups excluding carboxylic acids is 1. The Balaban J connectivity index is 2.52. The van der Waals surface area contributed by atoms with Gasteiger partial charge in [-0.05, 0) is 23.3 Å². The quantitative estimate of drug-likeness (QED) is 0.771. The van der Waals surface area contributed by atoms with Crippen molar-refractivity contribution in [3.8, 4) is 0 Å². The number of halogens is 1. The molecule has 0 radical (unpaired) electrons. The van der Waals surface area contributed by atoms with Crippen LogP contribution in [0.1, 0.15) is 25.3 Å². The second kappa shape index (κ2) is 5.01. The molecule has 2 aromatic carbocycles. The number of carbonyl (C=O) groups is 1. The lowest BCUT2D eigenvalue weighted by molar-refractivity contribution is -0.116. The molecule has 0 aromatic heterocycles. The molecular formula is C15H15BrO. The summed E-state index contributed by atoms with van der Waals surface area (Å²) >= 11 is 3.48. The molecule has 2 atom stereocenters. The van der Waals surface area contributed by atoms with E-state index in [0.29, 0.717) is 0 Å². The van der Waals surface area contributed by atoms with Gasteiger partial charge in [-0.15, -0.1) is 0 Å². The first-order valence-electron chi connectivity index (χ1n) is 5.73. The molecule has 88 valence electrons. The van der Waals surface area contributed by atoms with Gasteiger partial charge in [-0.2, -0.15) is 0 Å². The topological polar surface area (TPSA) is 17.1 Å². The zero-order valence-electron chi connectivity index (χ0n) is 9.98. The van der Waals surface area contributed by atoms with Gasteiger partial charge in [-0.1, -0.05) is 65.3 Å². The van der Waals surface area contributed by atoms with Gasteiger partial charge in [0.1, 0.15) is 5.78 Å². The van der Waals surface area contributed by atoms with Crippen molar-refractivity contribution in [2.24, 2.45) is 0 Å². The van der Waals surface area contributed by atoms with E-state index in [-0.39, 0.29) is 16.5 Å². The van der Waals surface area contributed by atoms with Crippen molar-refractivity contribution < 1.29 is 4.79 Å². The number of fused-ring (bicyclic) bond motifs is 1. The largest absolute Gasteiger partial charge is 0.299 e. The van der Waals surface area contributed by atoms with Crippen LogP contribution >= 0.6 is 15.9 Å². The predicted molar refractivity (Wildman–Crippen MR) is 75.8 cm³/mol. The molecule has 0 bridgehead atoms. The average molecular weight is 291 g/mol. The lowest BCUT2D eigenvalue weighted by Gasteiger charge is -2.18. The lowest BCUT2D eigenvalue weighted by Crippen LogP contribution is -2.17. The number of benzene rings is 2. The molecular weight excluding hydrogens is 276 g/mol. The van der Waals surface area contributed by atoms with E-state index in [0.717, 1.165) is 0 Å². The van der Waals surface area contributed by atoms with E-state index in [1.165, 1.54) is 16.3 Å². The van der Waals surface area contributed by atoms with Crippen molar-refractivity contribution in [2.45, 2.75) is 24.6 Å². The van der Waals surface area contributed by atoms with Crippen LogP contribution in [0.2, 0.25) is 0 Å². The molecule has 2 heteroatoms. The van der Waals surface area contributed by atoms with Gasteiger partial charge in [0, 0.05) is 5.92 Å². The molecule has 17 heavy (non-hydrogen) atoms. The summed E-state index contributed by atoms with van der Waals surface area (Å²) in [5.74, 6) is 0.351. The molecule has 0 aliphatic heterocycles. The maximum atomic E-state index is 11.4. The summed E-state index contributed by atoms with van der Waals surface area (Å²) in [5, 5.41) is 2.45. The number of rotatable bonds is 3. The van der Waals surface area contributed by atoms with Crippen molar-refractivity contribution in [3.63, 3.8) is 0 Å². The van der Waals surface area contributed by atoms with Crippen molar-refractivity contribution in [3.05, 3.63) is 48.0 Å². The minimum atomic E-state index is -0.117.